The van der Waals surface area contributed by atoms with Gasteiger partial charge in [0.25, 0.3) is 0 Å². The van der Waals surface area contributed by atoms with Crippen molar-refractivity contribution in [2.45, 2.75) is 82.9 Å². The van der Waals surface area contributed by atoms with Gasteiger partial charge in [0.2, 0.25) is 0 Å². The lowest BCUT2D eigenvalue weighted by Crippen LogP contribution is -2.66. The zero-order valence-electron chi connectivity index (χ0n) is 15.1. The summed E-state index contributed by atoms with van der Waals surface area (Å²) in [7, 11) is -1.89. The Morgan fingerprint density at radius 2 is 1.71 bits per heavy atom. The van der Waals surface area contributed by atoms with Crippen LogP contribution in [0.3, 0.4) is 0 Å². The molecular formula is C16H30N2O5Si. The summed E-state index contributed by atoms with van der Waals surface area (Å²) in [5.74, 6) is 0. The molecule has 2 bridgehead atoms. The monoisotopic (exact) mass is 358 g/mol. The summed E-state index contributed by atoms with van der Waals surface area (Å²) in [5.41, 5.74) is 0. The average Bonchev–Trinajstić information content (AvgIpc) is 2.86. The van der Waals surface area contributed by atoms with E-state index in [0.29, 0.717) is 6.42 Å². The highest BCUT2D eigenvalue weighted by Gasteiger charge is 2.52. The van der Waals surface area contributed by atoms with Crippen molar-refractivity contribution in [3.63, 3.8) is 0 Å². The Kier molecular flexibility index (Phi) is 5.80. The van der Waals surface area contributed by atoms with Crippen LogP contribution >= 0.6 is 0 Å². The van der Waals surface area contributed by atoms with E-state index in [1.807, 2.05) is 6.92 Å². The maximum absolute atomic E-state index is 11.8. The molecule has 24 heavy (non-hydrogen) atoms. The summed E-state index contributed by atoms with van der Waals surface area (Å²) in [5, 5.41) is 19.2. The van der Waals surface area contributed by atoms with Crippen LogP contribution in [0, 0.1) is 0 Å². The summed E-state index contributed by atoms with van der Waals surface area (Å²) < 4.78 is 6.50. The largest absolute Gasteiger partial charge is 0.465 e. The number of amides is 2. The van der Waals surface area contributed by atoms with E-state index >= 15 is 0 Å². The first-order valence-corrected chi connectivity index (χ1v) is 11.5. The van der Waals surface area contributed by atoms with Crippen LogP contribution in [-0.2, 0) is 4.43 Å². The lowest BCUT2D eigenvalue weighted by Gasteiger charge is -2.48. The predicted molar refractivity (Wildman–Crippen MR) is 92.9 cm³/mol. The molecule has 8 heteroatoms. The number of hydrogen-bond acceptors (Lipinski definition) is 3. The number of carbonyl (C=O) groups is 2. The SMILES string of the molecule is CC[Si](CC)(CC)OC(C)[C@@H]1[C@@H]2CC[C@H](CN1C(=O)O)N2C(=O)O. The van der Waals surface area contributed by atoms with Gasteiger partial charge in [0.05, 0.1) is 24.2 Å². The van der Waals surface area contributed by atoms with Crippen molar-refractivity contribution in [1.82, 2.24) is 9.80 Å². The highest BCUT2D eigenvalue weighted by atomic mass is 28.4. The molecule has 0 aliphatic carbocycles. The minimum Gasteiger partial charge on any atom is -0.465 e. The molecule has 4 atom stereocenters. The Morgan fingerprint density at radius 1 is 1.12 bits per heavy atom. The van der Waals surface area contributed by atoms with Gasteiger partial charge >= 0.3 is 12.2 Å². The van der Waals surface area contributed by atoms with Crippen molar-refractivity contribution in [3.05, 3.63) is 0 Å². The minimum absolute atomic E-state index is 0.224. The molecule has 0 aromatic carbocycles. The van der Waals surface area contributed by atoms with Gasteiger partial charge in [-0.25, -0.2) is 9.59 Å². The summed E-state index contributed by atoms with van der Waals surface area (Å²) in [6, 6.07) is 2.01. The molecule has 1 unspecified atom stereocenters. The molecule has 138 valence electrons. The highest BCUT2D eigenvalue weighted by Crippen LogP contribution is 2.37. The second-order valence-corrected chi connectivity index (χ2v) is 11.7. The fourth-order valence-electron chi connectivity index (χ4n) is 4.52. The molecular weight excluding hydrogens is 328 g/mol. The Hall–Kier alpha value is -1.28. The molecule has 0 aromatic rings. The number of fused-ring (bicyclic) bond motifs is 2. The molecule has 2 rings (SSSR count). The Bertz CT molecular complexity index is 477. The van der Waals surface area contributed by atoms with Crippen LogP contribution in [0.5, 0.6) is 0 Å². The fourth-order valence-corrected chi connectivity index (χ4v) is 7.45. The summed E-state index contributed by atoms with van der Waals surface area (Å²) in [4.78, 5) is 26.3. The minimum atomic E-state index is -1.89. The lowest BCUT2D eigenvalue weighted by atomic mass is 9.99. The molecule has 2 saturated heterocycles. The summed E-state index contributed by atoms with van der Waals surface area (Å²) >= 11 is 0. The number of carboxylic acid groups (broad SMARTS) is 2. The van der Waals surface area contributed by atoms with Crippen LogP contribution in [0.1, 0.15) is 40.5 Å². The van der Waals surface area contributed by atoms with Gasteiger partial charge in [0.1, 0.15) is 0 Å². The van der Waals surface area contributed by atoms with E-state index in [0.717, 1.165) is 24.6 Å². The third-order valence-corrected chi connectivity index (χ3v) is 10.8. The normalized spacial score (nSPS) is 28.1. The second-order valence-electron chi connectivity index (χ2n) is 6.98. The number of nitrogens with zero attached hydrogens (tertiary/aromatic N) is 2. The molecule has 0 aromatic heterocycles. The third-order valence-electron chi connectivity index (χ3n) is 6.02. The second kappa shape index (κ2) is 7.31. The Labute approximate surface area is 144 Å². The molecule has 2 N–H and O–H groups in total. The van der Waals surface area contributed by atoms with Gasteiger partial charge in [-0.15, -0.1) is 0 Å². The van der Waals surface area contributed by atoms with E-state index in [-0.39, 0.29) is 24.7 Å². The van der Waals surface area contributed by atoms with Gasteiger partial charge in [0, 0.05) is 6.54 Å². The molecule has 0 radical (unpaired) electrons. The first kappa shape index (κ1) is 19.0. The van der Waals surface area contributed by atoms with E-state index in [1.165, 1.54) is 9.80 Å². The number of likely N-dealkylation sites (tertiary alicyclic amines) is 1. The molecule has 2 aliphatic rings. The molecule has 2 fully saturated rings. The molecule has 7 nitrogen and oxygen atoms in total. The number of piperazine rings is 1. The van der Waals surface area contributed by atoms with Crippen LogP contribution < -0.4 is 0 Å². The first-order valence-electron chi connectivity index (χ1n) is 8.98. The summed E-state index contributed by atoms with van der Waals surface area (Å²) in [6.45, 7) is 8.57. The summed E-state index contributed by atoms with van der Waals surface area (Å²) in [6.07, 6.45) is -0.790. The average molecular weight is 359 g/mol. The Morgan fingerprint density at radius 3 is 2.17 bits per heavy atom. The first-order chi connectivity index (χ1) is 11.3. The lowest BCUT2D eigenvalue weighted by molar-refractivity contribution is -0.0179. The fraction of sp³-hybridized carbons (Fsp3) is 0.875. The van der Waals surface area contributed by atoms with Crippen molar-refractivity contribution in [1.29, 1.82) is 0 Å². The Balaban J connectivity index is 2.28. The van der Waals surface area contributed by atoms with Crippen molar-refractivity contribution in [2.24, 2.45) is 0 Å². The van der Waals surface area contributed by atoms with E-state index < -0.39 is 26.5 Å². The van der Waals surface area contributed by atoms with Crippen LogP contribution in [0.25, 0.3) is 0 Å². The van der Waals surface area contributed by atoms with Crippen LogP contribution in [-0.4, -0.2) is 71.3 Å². The molecule has 2 heterocycles. The van der Waals surface area contributed by atoms with Crippen molar-refractivity contribution in [3.8, 4) is 0 Å². The zero-order valence-corrected chi connectivity index (χ0v) is 16.1. The van der Waals surface area contributed by atoms with Gasteiger partial charge in [-0.2, -0.15) is 0 Å². The molecule has 2 aliphatic heterocycles. The molecule has 0 saturated carbocycles. The van der Waals surface area contributed by atoms with E-state index in [9.17, 15) is 19.8 Å². The number of hydrogen-bond donors (Lipinski definition) is 2. The maximum Gasteiger partial charge on any atom is 0.407 e. The van der Waals surface area contributed by atoms with E-state index in [4.69, 9.17) is 4.43 Å². The van der Waals surface area contributed by atoms with Gasteiger partial charge < -0.3 is 14.6 Å². The van der Waals surface area contributed by atoms with Crippen molar-refractivity contribution >= 4 is 20.5 Å². The van der Waals surface area contributed by atoms with Crippen LogP contribution in [0.4, 0.5) is 9.59 Å². The van der Waals surface area contributed by atoms with Crippen molar-refractivity contribution < 1.29 is 24.2 Å². The zero-order chi connectivity index (χ0) is 18.1. The van der Waals surface area contributed by atoms with Crippen molar-refractivity contribution in [2.75, 3.05) is 6.54 Å². The van der Waals surface area contributed by atoms with Gasteiger partial charge in [-0.05, 0) is 37.9 Å². The quantitative estimate of drug-likeness (QED) is 0.711. The topological polar surface area (TPSA) is 90.3 Å². The van der Waals surface area contributed by atoms with Crippen LogP contribution in [0.2, 0.25) is 18.1 Å². The third kappa shape index (κ3) is 3.26. The van der Waals surface area contributed by atoms with Gasteiger partial charge in [-0.1, -0.05) is 20.8 Å². The maximum atomic E-state index is 11.8. The van der Waals surface area contributed by atoms with E-state index in [2.05, 4.69) is 20.8 Å². The highest BCUT2D eigenvalue weighted by molar-refractivity contribution is 6.73. The van der Waals surface area contributed by atoms with Gasteiger partial charge in [-0.3, -0.25) is 9.80 Å². The molecule has 2 amide bonds. The predicted octanol–water partition coefficient (Wildman–Crippen LogP) is 3.27. The molecule has 0 spiro atoms. The van der Waals surface area contributed by atoms with E-state index in [1.54, 1.807) is 0 Å². The number of rotatable bonds is 6. The van der Waals surface area contributed by atoms with Crippen LogP contribution in [0.15, 0.2) is 0 Å². The van der Waals surface area contributed by atoms with Gasteiger partial charge in [0.15, 0.2) is 8.32 Å². The standard InChI is InChI=1S/C16H30N2O5Si/c1-5-24(6-2,7-3)23-11(4)14-13-9-8-12(18(13)16(21)22)10-17(14)15(19)20/h11-14H,5-10H2,1-4H3,(H,19,20)(H,21,22)/t11?,12-,13+,14-/m1/s1. The smallest absolute Gasteiger partial charge is 0.407 e.